The lowest BCUT2D eigenvalue weighted by Crippen LogP contribution is -2.48. The second-order valence-electron chi connectivity index (χ2n) is 11.5. The molecule has 0 spiro atoms. The molecule has 4 aromatic rings. The molecule has 2 aromatic heterocycles. The van der Waals surface area contributed by atoms with E-state index in [0.29, 0.717) is 13.1 Å². The van der Waals surface area contributed by atoms with E-state index in [9.17, 15) is 14.7 Å². The zero-order chi connectivity index (χ0) is 27.3. The lowest BCUT2D eigenvalue weighted by Gasteiger charge is -2.28. The molecule has 39 heavy (non-hydrogen) atoms. The van der Waals surface area contributed by atoms with Crippen molar-refractivity contribution in [2.45, 2.75) is 57.9 Å². The number of carbonyl (C=O) groups excluding carboxylic acids is 2. The molecule has 4 heterocycles. The standard InChI is InChI=1S/C30H35N5O4/c1-30(2,3)39-29(38)35-18-19(36)17-24(35)28(37)31-13-16-33-14-8-15-34-23-12-7-5-10-21(23)25-27(34)26(33)20-9-4-6-11-22(20)32-25/h4-7,9-12,19,24,36H,8,13-18H2,1-3H3,(H,31,37)/t19-,24?/m1/s1. The highest BCUT2D eigenvalue weighted by Gasteiger charge is 2.40. The number of aryl methyl sites for hydroxylation is 1. The molecular weight excluding hydrogens is 494 g/mol. The topological polar surface area (TPSA) is 99.9 Å². The predicted octanol–water partition coefficient (Wildman–Crippen LogP) is 4.04. The van der Waals surface area contributed by atoms with Crippen LogP contribution in [-0.2, 0) is 16.1 Å². The molecule has 9 nitrogen and oxygen atoms in total. The van der Waals surface area contributed by atoms with E-state index in [0.717, 1.165) is 52.5 Å². The van der Waals surface area contributed by atoms with Gasteiger partial charge in [0.2, 0.25) is 5.91 Å². The summed E-state index contributed by atoms with van der Waals surface area (Å²) in [6.45, 7) is 8.20. The van der Waals surface area contributed by atoms with Gasteiger partial charge in [0.05, 0.1) is 40.4 Å². The number of hydrogen-bond donors (Lipinski definition) is 2. The number of amides is 2. The number of benzene rings is 2. The molecule has 2 amide bonds. The van der Waals surface area contributed by atoms with Gasteiger partial charge in [0, 0.05) is 43.4 Å². The van der Waals surface area contributed by atoms with Gasteiger partial charge in [-0.25, -0.2) is 9.78 Å². The Balaban J connectivity index is 1.26. The van der Waals surface area contributed by atoms with E-state index in [2.05, 4.69) is 51.2 Å². The lowest BCUT2D eigenvalue weighted by atomic mass is 10.1. The molecule has 2 aromatic carbocycles. The number of fused-ring (bicyclic) bond motifs is 5. The summed E-state index contributed by atoms with van der Waals surface area (Å²) in [5.74, 6) is -0.272. The Morgan fingerprint density at radius 2 is 1.82 bits per heavy atom. The van der Waals surface area contributed by atoms with Crippen LogP contribution in [0.4, 0.5) is 10.5 Å². The van der Waals surface area contributed by atoms with Gasteiger partial charge in [-0.3, -0.25) is 9.69 Å². The molecule has 2 N–H and O–H groups in total. The van der Waals surface area contributed by atoms with Crippen LogP contribution >= 0.6 is 0 Å². The lowest BCUT2D eigenvalue weighted by molar-refractivity contribution is -0.125. The minimum atomic E-state index is -0.755. The van der Waals surface area contributed by atoms with E-state index in [1.807, 2.05) is 12.1 Å². The van der Waals surface area contributed by atoms with Crippen molar-refractivity contribution in [1.82, 2.24) is 19.8 Å². The molecular formula is C30H35N5O4. The van der Waals surface area contributed by atoms with Crippen molar-refractivity contribution in [1.29, 1.82) is 0 Å². The fourth-order valence-corrected chi connectivity index (χ4v) is 5.98. The van der Waals surface area contributed by atoms with Gasteiger partial charge >= 0.3 is 6.09 Å². The van der Waals surface area contributed by atoms with Gasteiger partial charge < -0.3 is 24.6 Å². The van der Waals surface area contributed by atoms with E-state index in [4.69, 9.17) is 9.72 Å². The third kappa shape index (κ3) is 4.65. The fraction of sp³-hybridized carbons (Fsp3) is 0.433. The number of aromatic nitrogens is 2. The number of likely N-dealkylation sites (tertiary alicyclic amines) is 1. The highest BCUT2D eigenvalue weighted by atomic mass is 16.6. The maximum atomic E-state index is 13.2. The molecule has 0 aliphatic carbocycles. The molecule has 2 aliphatic rings. The van der Waals surface area contributed by atoms with E-state index in [1.165, 1.54) is 10.4 Å². The van der Waals surface area contributed by atoms with Crippen molar-refractivity contribution < 1.29 is 19.4 Å². The number of carbonyl (C=O) groups is 2. The van der Waals surface area contributed by atoms with E-state index >= 15 is 0 Å². The SMILES string of the molecule is CC(C)(C)OC(=O)N1C[C@H](O)CC1C(=O)NCCN1CCCn2c3ccccc3c3nc4ccccc4c1c32. The summed E-state index contributed by atoms with van der Waals surface area (Å²) >= 11 is 0. The first-order valence-electron chi connectivity index (χ1n) is 13.7. The number of nitrogens with one attached hydrogen (secondary N) is 1. The van der Waals surface area contributed by atoms with Crippen molar-refractivity contribution >= 4 is 50.5 Å². The first-order valence-corrected chi connectivity index (χ1v) is 13.7. The van der Waals surface area contributed by atoms with Gasteiger partial charge in [-0.15, -0.1) is 0 Å². The van der Waals surface area contributed by atoms with Crippen LogP contribution in [0.2, 0.25) is 0 Å². The number of para-hydroxylation sites is 2. The minimum Gasteiger partial charge on any atom is -0.444 e. The van der Waals surface area contributed by atoms with Crippen LogP contribution in [-0.4, -0.2) is 75.5 Å². The average molecular weight is 530 g/mol. The van der Waals surface area contributed by atoms with Gasteiger partial charge in [-0.1, -0.05) is 36.4 Å². The average Bonchev–Trinajstić information content (AvgIpc) is 3.37. The Labute approximate surface area is 227 Å². The van der Waals surface area contributed by atoms with E-state index in [-0.39, 0.29) is 18.9 Å². The number of aliphatic hydroxyl groups excluding tert-OH is 1. The maximum absolute atomic E-state index is 13.2. The smallest absolute Gasteiger partial charge is 0.411 e. The Kier molecular flexibility index (Phi) is 6.33. The Hall–Kier alpha value is -3.85. The second-order valence-corrected chi connectivity index (χ2v) is 11.5. The molecule has 0 radical (unpaired) electrons. The first kappa shape index (κ1) is 25.4. The molecule has 1 fully saturated rings. The Morgan fingerprint density at radius 3 is 2.62 bits per heavy atom. The van der Waals surface area contributed by atoms with Crippen molar-refractivity contribution in [3.8, 4) is 0 Å². The van der Waals surface area contributed by atoms with Crippen molar-refractivity contribution in [3.63, 3.8) is 0 Å². The van der Waals surface area contributed by atoms with Crippen LogP contribution in [0.15, 0.2) is 48.5 Å². The summed E-state index contributed by atoms with van der Waals surface area (Å²) < 4.78 is 7.86. The highest BCUT2D eigenvalue weighted by molar-refractivity contribution is 6.16. The molecule has 1 unspecified atom stereocenters. The highest BCUT2D eigenvalue weighted by Crippen LogP contribution is 2.40. The van der Waals surface area contributed by atoms with Crippen molar-refractivity contribution in [2.75, 3.05) is 31.1 Å². The van der Waals surface area contributed by atoms with Gasteiger partial charge in [-0.05, 0) is 39.3 Å². The molecule has 1 saturated heterocycles. The zero-order valence-electron chi connectivity index (χ0n) is 22.7. The quantitative estimate of drug-likeness (QED) is 0.414. The zero-order valence-corrected chi connectivity index (χ0v) is 22.7. The van der Waals surface area contributed by atoms with E-state index in [1.54, 1.807) is 20.8 Å². The molecule has 0 saturated carbocycles. The number of ether oxygens (including phenoxy) is 1. The number of hydrogen-bond acceptors (Lipinski definition) is 6. The van der Waals surface area contributed by atoms with E-state index < -0.39 is 23.8 Å². The fourth-order valence-electron chi connectivity index (χ4n) is 5.98. The summed E-state index contributed by atoms with van der Waals surface area (Å²) in [5, 5.41) is 15.5. The number of aliphatic hydroxyl groups is 1. The second kappa shape index (κ2) is 9.72. The number of anilines is 1. The maximum Gasteiger partial charge on any atom is 0.411 e. The number of rotatable bonds is 4. The molecule has 204 valence electrons. The summed E-state index contributed by atoms with van der Waals surface area (Å²) in [7, 11) is 0. The molecule has 9 heteroatoms. The molecule has 2 aliphatic heterocycles. The Bertz CT molecular complexity index is 1570. The third-order valence-corrected chi connectivity index (χ3v) is 7.58. The van der Waals surface area contributed by atoms with Crippen LogP contribution in [0, 0.1) is 0 Å². The van der Waals surface area contributed by atoms with Gasteiger partial charge in [0.15, 0.2) is 0 Å². The molecule has 6 rings (SSSR count). The normalized spacial score (nSPS) is 19.6. The predicted molar refractivity (Wildman–Crippen MR) is 152 cm³/mol. The summed E-state index contributed by atoms with van der Waals surface area (Å²) in [4.78, 5) is 34.7. The third-order valence-electron chi connectivity index (χ3n) is 7.58. The summed E-state index contributed by atoms with van der Waals surface area (Å²) in [6, 6.07) is 15.9. The first-order chi connectivity index (χ1) is 18.7. The van der Waals surface area contributed by atoms with Crippen molar-refractivity contribution in [3.05, 3.63) is 48.5 Å². The Morgan fingerprint density at radius 1 is 1.08 bits per heavy atom. The van der Waals surface area contributed by atoms with Gasteiger partial charge in [-0.2, -0.15) is 0 Å². The van der Waals surface area contributed by atoms with Gasteiger partial charge in [0.25, 0.3) is 0 Å². The van der Waals surface area contributed by atoms with Crippen LogP contribution < -0.4 is 10.2 Å². The summed E-state index contributed by atoms with van der Waals surface area (Å²) in [6.07, 6.45) is -0.168. The largest absolute Gasteiger partial charge is 0.444 e. The minimum absolute atomic E-state index is 0.0880. The van der Waals surface area contributed by atoms with Crippen molar-refractivity contribution in [2.24, 2.45) is 0 Å². The molecule has 0 bridgehead atoms. The number of pyridine rings is 1. The number of β-amino-alcohol motifs (C(OH)–C–C–N with tert-alkyl or cyclic N) is 1. The monoisotopic (exact) mass is 529 g/mol. The summed E-state index contributed by atoms with van der Waals surface area (Å²) in [5.41, 5.74) is 4.74. The van der Waals surface area contributed by atoms with Crippen LogP contribution in [0.1, 0.15) is 33.6 Å². The number of nitrogens with zero attached hydrogens (tertiary/aromatic N) is 4. The van der Waals surface area contributed by atoms with Crippen LogP contribution in [0.5, 0.6) is 0 Å². The van der Waals surface area contributed by atoms with Crippen LogP contribution in [0.25, 0.3) is 32.8 Å². The van der Waals surface area contributed by atoms with Crippen LogP contribution in [0.3, 0.4) is 0 Å². The molecule has 2 atom stereocenters. The van der Waals surface area contributed by atoms with Gasteiger partial charge in [0.1, 0.15) is 11.6 Å².